The van der Waals surface area contributed by atoms with Gasteiger partial charge in [-0.1, -0.05) is 30.3 Å². The highest BCUT2D eigenvalue weighted by Crippen LogP contribution is 2.49. The quantitative estimate of drug-likeness (QED) is 0.323. The molecule has 0 heterocycles. The molecule has 34 heavy (non-hydrogen) atoms. The van der Waals surface area contributed by atoms with Crippen LogP contribution in [0.4, 0.5) is 20.2 Å². The maximum absolute atomic E-state index is 12.9. The topological polar surface area (TPSA) is 67.4 Å². The average molecular weight is 489 g/mol. The summed E-state index contributed by atoms with van der Waals surface area (Å²) in [7, 11) is 0. The molecule has 0 aromatic heterocycles. The number of hydrogen-bond acceptors (Lipinski definition) is 5. The van der Waals surface area contributed by atoms with Crippen molar-refractivity contribution in [3.8, 4) is 0 Å². The molecule has 2 bridgehead atoms. The molecular formula is C26H30F2N2O3S. The number of para-hydroxylation sites is 1. The fourth-order valence-corrected chi connectivity index (χ4v) is 5.78. The lowest BCUT2D eigenvalue weighted by molar-refractivity contribution is -0.130. The first-order valence-corrected chi connectivity index (χ1v) is 12.6. The van der Waals surface area contributed by atoms with Crippen LogP contribution in [0.2, 0.25) is 0 Å². The van der Waals surface area contributed by atoms with Crippen LogP contribution in [0.15, 0.2) is 53.4 Å². The maximum Gasteiger partial charge on any atom is 0.341 e. The molecule has 4 rings (SSSR count). The second-order valence-electron chi connectivity index (χ2n) is 9.26. The average Bonchev–Trinajstić information content (AvgIpc) is 3.44. The smallest absolute Gasteiger partial charge is 0.341 e. The van der Waals surface area contributed by atoms with Gasteiger partial charge >= 0.3 is 5.97 Å². The second kappa shape index (κ2) is 10.8. The highest BCUT2D eigenvalue weighted by Gasteiger charge is 2.42. The number of anilines is 2. The van der Waals surface area contributed by atoms with Gasteiger partial charge in [0.05, 0.1) is 11.3 Å². The Kier molecular flexibility index (Phi) is 7.76. The number of alkyl halides is 2. The summed E-state index contributed by atoms with van der Waals surface area (Å²) >= 11 is 0.473. The van der Waals surface area contributed by atoms with Crippen molar-refractivity contribution in [2.45, 2.75) is 62.3 Å². The van der Waals surface area contributed by atoms with E-state index in [0.717, 1.165) is 5.92 Å². The van der Waals surface area contributed by atoms with Crippen LogP contribution in [0.25, 0.3) is 0 Å². The van der Waals surface area contributed by atoms with E-state index in [9.17, 15) is 18.4 Å². The molecule has 2 aromatic carbocycles. The fraction of sp³-hybridized carbons (Fsp3) is 0.462. The first kappa shape index (κ1) is 24.5. The lowest BCUT2D eigenvalue weighted by atomic mass is 9.84. The van der Waals surface area contributed by atoms with Crippen molar-refractivity contribution in [1.82, 2.24) is 5.32 Å². The minimum Gasteiger partial charge on any atom is -0.449 e. The molecule has 8 heteroatoms. The third kappa shape index (κ3) is 5.90. The molecule has 2 aliphatic rings. The van der Waals surface area contributed by atoms with Crippen LogP contribution in [0.3, 0.4) is 0 Å². The number of carbonyl (C=O) groups is 2. The second-order valence-corrected chi connectivity index (χ2v) is 10.3. The zero-order chi connectivity index (χ0) is 24.2. The molecule has 5 nitrogen and oxygen atoms in total. The Morgan fingerprint density at radius 3 is 2.41 bits per heavy atom. The summed E-state index contributed by atoms with van der Waals surface area (Å²) in [5.74, 6) is -1.39. The standard InChI is InChI=1S/C26H30F2N2O3S/c1-15(22-14-17-7-8-18(22)13-17)29-24(31)16(2)33-25(32)21-5-3-4-6-23(21)30-19-9-11-20(12-10-19)34-26(27)28/h3-6,9-12,15-18,22,26,30H,7-8,13-14H2,1-2H3,(H,29,31)/t15-,16-,17+,18+,22-/m0/s1. The van der Waals surface area contributed by atoms with E-state index >= 15 is 0 Å². The Morgan fingerprint density at radius 1 is 1.03 bits per heavy atom. The molecule has 2 aromatic rings. The van der Waals surface area contributed by atoms with Gasteiger partial charge in [0.15, 0.2) is 6.10 Å². The SMILES string of the molecule is C[C@H](OC(=O)c1ccccc1Nc1ccc(SC(F)F)cc1)C(=O)N[C@@H](C)[C@@H]1C[C@@H]2CC[C@@H]1C2. The molecule has 2 N–H and O–H groups in total. The van der Waals surface area contributed by atoms with E-state index in [1.165, 1.54) is 25.7 Å². The predicted octanol–water partition coefficient (Wildman–Crippen LogP) is 6.23. The Hall–Kier alpha value is -2.61. The first-order valence-electron chi connectivity index (χ1n) is 11.7. The first-order chi connectivity index (χ1) is 16.3. The molecule has 0 unspecified atom stereocenters. The third-order valence-electron chi connectivity index (χ3n) is 6.96. The van der Waals surface area contributed by atoms with Gasteiger partial charge in [-0.2, -0.15) is 8.78 Å². The predicted molar refractivity (Wildman–Crippen MR) is 129 cm³/mol. The number of nitrogens with one attached hydrogen (secondary N) is 2. The van der Waals surface area contributed by atoms with Crippen molar-refractivity contribution in [1.29, 1.82) is 0 Å². The van der Waals surface area contributed by atoms with Crippen LogP contribution in [0.1, 0.15) is 49.9 Å². The van der Waals surface area contributed by atoms with Gasteiger partial charge in [0.1, 0.15) is 0 Å². The number of amides is 1. The van der Waals surface area contributed by atoms with Crippen molar-refractivity contribution in [3.63, 3.8) is 0 Å². The number of fused-ring (bicyclic) bond motifs is 2. The van der Waals surface area contributed by atoms with E-state index in [0.29, 0.717) is 39.9 Å². The van der Waals surface area contributed by atoms with Gasteiger partial charge in [0, 0.05) is 16.6 Å². The van der Waals surface area contributed by atoms with Gasteiger partial charge in [0.2, 0.25) is 0 Å². The van der Waals surface area contributed by atoms with Crippen LogP contribution in [0, 0.1) is 17.8 Å². The summed E-state index contributed by atoms with van der Waals surface area (Å²) in [6.45, 7) is 3.62. The molecule has 0 spiro atoms. The number of esters is 1. The van der Waals surface area contributed by atoms with E-state index in [4.69, 9.17) is 4.74 Å². The Morgan fingerprint density at radius 2 is 1.76 bits per heavy atom. The largest absolute Gasteiger partial charge is 0.449 e. The lowest BCUT2D eigenvalue weighted by Crippen LogP contribution is -2.45. The minimum atomic E-state index is -2.48. The molecule has 2 saturated carbocycles. The molecule has 2 aliphatic carbocycles. The highest BCUT2D eigenvalue weighted by molar-refractivity contribution is 7.99. The number of hydrogen-bond donors (Lipinski definition) is 2. The molecule has 182 valence electrons. The summed E-state index contributed by atoms with van der Waals surface area (Å²) in [5, 5.41) is 6.17. The van der Waals surface area contributed by atoms with E-state index in [-0.39, 0.29) is 17.5 Å². The number of ether oxygens (including phenoxy) is 1. The van der Waals surface area contributed by atoms with Crippen molar-refractivity contribution < 1.29 is 23.1 Å². The van der Waals surface area contributed by atoms with Gasteiger partial charge in [0.25, 0.3) is 11.7 Å². The summed E-state index contributed by atoms with van der Waals surface area (Å²) in [6, 6.07) is 13.4. The molecular weight excluding hydrogens is 458 g/mol. The summed E-state index contributed by atoms with van der Waals surface area (Å²) in [5.41, 5.74) is 1.43. The molecule has 0 saturated heterocycles. The molecule has 2 fully saturated rings. The molecule has 0 aliphatic heterocycles. The van der Waals surface area contributed by atoms with Crippen molar-refractivity contribution in [2.24, 2.45) is 17.8 Å². The third-order valence-corrected chi connectivity index (χ3v) is 7.69. The van der Waals surface area contributed by atoms with Crippen LogP contribution in [-0.2, 0) is 9.53 Å². The van der Waals surface area contributed by atoms with Crippen LogP contribution in [-0.4, -0.2) is 29.8 Å². The lowest BCUT2D eigenvalue weighted by Gasteiger charge is -2.29. The van der Waals surface area contributed by atoms with E-state index in [2.05, 4.69) is 10.6 Å². The van der Waals surface area contributed by atoms with Gasteiger partial charge in [-0.25, -0.2) is 4.79 Å². The Balaban J connectivity index is 1.35. The molecule has 1 amide bonds. The van der Waals surface area contributed by atoms with Gasteiger partial charge in [-0.15, -0.1) is 0 Å². The minimum absolute atomic E-state index is 0.0594. The van der Waals surface area contributed by atoms with Crippen molar-refractivity contribution in [3.05, 3.63) is 54.1 Å². The summed E-state index contributed by atoms with van der Waals surface area (Å²) in [4.78, 5) is 26.0. The van der Waals surface area contributed by atoms with E-state index < -0.39 is 17.8 Å². The van der Waals surface area contributed by atoms with E-state index in [1.54, 1.807) is 55.5 Å². The Bertz CT molecular complexity index is 1020. The number of benzene rings is 2. The highest BCUT2D eigenvalue weighted by atomic mass is 32.2. The van der Waals surface area contributed by atoms with Crippen LogP contribution >= 0.6 is 11.8 Å². The van der Waals surface area contributed by atoms with Gasteiger partial charge in [-0.05, 0) is 87.3 Å². The number of halogens is 2. The number of thioether (sulfide) groups is 1. The van der Waals surface area contributed by atoms with Gasteiger partial charge in [-0.3, -0.25) is 4.79 Å². The van der Waals surface area contributed by atoms with Gasteiger partial charge < -0.3 is 15.4 Å². The Labute approximate surface area is 203 Å². The monoisotopic (exact) mass is 488 g/mol. The van der Waals surface area contributed by atoms with E-state index in [1.807, 2.05) is 6.92 Å². The fourth-order valence-electron chi connectivity index (χ4n) is 5.28. The molecule has 5 atom stereocenters. The number of carbonyl (C=O) groups excluding carboxylic acids is 2. The zero-order valence-electron chi connectivity index (χ0n) is 19.3. The zero-order valence-corrected chi connectivity index (χ0v) is 20.1. The van der Waals surface area contributed by atoms with Crippen LogP contribution < -0.4 is 10.6 Å². The van der Waals surface area contributed by atoms with Crippen molar-refractivity contribution in [2.75, 3.05) is 5.32 Å². The molecule has 0 radical (unpaired) electrons. The normalized spacial score (nSPS) is 22.9. The van der Waals surface area contributed by atoms with Crippen molar-refractivity contribution >= 4 is 35.0 Å². The van der Waals surface area contributed by atoms with Crippen LogP contribution in [0.5, 0.6) is 0 Å². The number of rotatable bonds is 9. The summed E-state index contributed by atoms with van der Waals surface area (Å²) < 4.78 is 30.5. The summed E-state index contributed by atoms with van der Waals surface area (Å²) in [6.07, 6.45) is 4.07. The maximum atomic E-state index is 12.9.